The van der Waals surface area contributed by atoms with E-state index in [1.807, 2.05) is 27.7 Å². The first-order chi connectivity index (χ1) is 10.2. The molecule has 2 N–H and O–H groups in total. The number of hydrogen-bond acceptors (Lipinski definition) is 3. The van der Waals surface area contributed by atoms with Gasteiger partial charge in [-0.05, 0) is 44.4 Å². The molecule has 128 valence electrons. The number of carbonyl (C=O) groups excluding carboxylic acids is 1. The number of likely N-dealkylation sites (tertiary alicyclic amines) is 1. The van der Waals surface area contributed by atoms with Crippen molar-refractivity contribution < 1.29 is 9.90 Å². The molecule has 0 aromatic rings. The molecule has 2 aliphatic rings. The first-order valence-electron chi connectivity index (χ1n) is 8.95. The molecule has 4 unspecified atom stereocenters. The van der Waals surface area contributed by atoms with Crippen LogP contribution in [0, 0.1) is 17.3 Å². The van der Waals surface area contributed by atoms with E-state index in [1.54, 1.807) is 0 Å². The standard InChI is InChI=1S/C18H34N2O2/c1-6-16(21)14-9-15(19-17(22)18(3,4)5)11-20(10-14)12(2)13-7-8-13/h12-16,21H,6-11H2,1-5H3,(H,19,22). The number of carbonyl (C=O) groups is 1. The number of aliphatic hydroxyl groups is 1. The maximum atomic E-state index is 12.3. The smallest absolute Gasteiger partial charge is 0.225 e. The zero-order chi connectivity index (χ0) is 16.5. The number of nitrogens with one attached hydrogen (secondary N) is 1. The Morgan fingerprint density at radius 3 is 2.41 bits per heavy atom. The second-order valence-corrected chi connectivity index (χ2v) is 8.42. The predicted octanol–water partition coefficient (Wildman–Crippen LogP) is 2.41. The number of hydrogen-bond donors (Lipinski definition) is 2. The lowest BCUT2D eigenvalue weighted by molar-refractivity contribution is -0.130. The predicted molar refractivity (Wildman–Crippen MR) is 89.5 cm³/mol. The minimum Gasteiger partial charge on any atom is -0.393 e. The van der Waals surface area contributed by atoms with Crippen molar-refractivity contribution in [3.63, 3.8) is 0 Å². The molecule has 22 heavy (non-hydrogen) atoms. The van der Waals surface area contributed by atoms with Crippen molar-refractivity contribution in [1.29, 1.82) is 0 Å². The number of amides is 1. The molecule has 0 spiro atoms. The van der Waals surface area contributed by atoms with Crippen LogP contribution in [0.5, 0.6) is 0 Å². The van der Waals surface area contributed by atoms with E-state index in [1.165, 1.54) is 12.8 Å². The van der Waals surface area contributed by atoms with Crippen molar-refractivity contribution in [2.45, 2.75) is 78.5 Å². The summed E-state index contributed by atoms with van der Waals surface area (Å²) in [5, 5.41) is 13.5. The molecule has 4 heteroatoms. The second-order valence-electron chi connectivity index (χ2n) is 8.42. The van der Waals surface area contributed by atoms with Gasteiger partial charge in [0.05, 0.1) is 6.10 Å². The van der Waals surface area contributed by atoms with Gasteiger partial charge < -0.3 is 10.4 Å². The van der Waals surface area contributed by atoms with Gasteiger partial charge >= 0.3 is 0 Å². The van der Waals surface area contributed by atoms with Gasteiger partial charge in [0.15, 0.2) is 0 Å². The fraction of sp³-hybridized carbons (Fsp3) is 0.944. The van der Waals surface area contributed by atoms with Gasteiger partial charge in [-0.2, -0.15) is 0 Å². The summed E-state index contributed by atoms with van der Waals surface area (Å²) < 4.78 is 0. The van der Waals surface area contributed by atoms with Crippen LogP contribution in [-0.2, 0) is 4.79 Å². The highest BCUT2D eigenvalue weighted by Gasteiger charge is 2.39. The normalized spacial score (nSPS) is 29.9. The molecular formula is C18H34N2O2. The Balaban J connectivity index is 2.03. The molecule has 0 radical (unpaired) electrons. The summed E-state index contributed by atoms with van der Waals surface area (Å²) in [4.78, 5) is 14.8. The highest BCUT2D eigenvalue weighted by atomic mass is 16.3. The lowest BCUT2D eigenvalue weighted by Crippen LogP contribution is -2.56. The molecule has 1 saturated heterocycles. The average Bonchev–Trinajstić information content (AvgIpc) is 3.28. The summed E-state index contributed by atoms with van der Waals surface area (Å²) in [5.41, 5.74) is -0.358. The van der Waals surface area contributed by atoms with Crippen LogP contribution in [0.4, 0.5) is 0 Å². The van der Waals surface area contributed by atoms with Crippen LogP contribution in [0.15, 0.2) is 0 Å². The van der Waals surface area contributed by atoms with Crippen molar-refractivity contribution in [2.24, 2.45) is 17.3 Å². The maximum absolute atomic E-state index is 12.3. The van der Waals surface area contributed by atoms with Crippen LogP contribution in [0.25, 0.3) is 0 Å². The Bertz CT molecular complexity index is 387. The summed E-state index contributed by atoms with van der Waals surface area (Å²) in [6.45, 7) is 12.1. The van der Waals surface area contributed by atoms with Crippen LogP contribution in [0.2, 0.25) is 0 Å². The number of rotatable bonds is 5. The quantitative estimate of drug-likeness (QED) is 0.820. The number of aliphatic hydroxyl groups excluding tert-OH is 1. The summed E-state index contributed by atoms with van der Waals surface area (Å²) in [6.07, 6.45) is 4.08. The molecule has 0 aromatic heterocycles. The maximum Gasteiger partial charge on any atom is 0.225 e. The van der Waals surface area contributed by atoms with Crippen LogP contribution in [0.1, 0.15) is 60.3 Å². The molecule has 1 heterocycles. The first-order valence-corrected chi connectivity index (χ1v) is 8.95. The summed E-state index contributed by atoms with van der Waals surface area (Å²) in [5.74, 6) is 1.20. The van der Waals surface area contributed by atoms with Gasteiger partial charge in [0.1, 0.15) is 0 Å². The molecule has 4 atom stereocenters. The number of nitrogens with zero attached hydrogens (tertiary/aromatic N) is 1. The summed E-state index contributed by atoms with van der Waals surface area (Å²) in [6, 6.07) is 0.730. The molecule has 0 aromatic carbocycles. The van der Waals surface area contributed by atoms with Crippen molar-refractivity contribution in [3.05, 3.63) is 0 Å². The van der Waals surface area contributed by atoms with E-state index in [0.29, 0.717) is 6.04 Å². The lowest BCUT2D eigenvalue weighted by Gasteiger charge is -2.43. The Morgan fingerprint density at radius 2 is 1.91 bits per heavy atom. The number of piperidine rings is 1. The Kier molecular flexibility index (Phi) is 5.54. The van der Waals surface area contributed by atoms with E-state index in [2.05, 4.69) is 17.1 Å². The van der Waals surface area contributed by atoms with Crippen molar-refractivity contribution >= 4 is 5.91 Å². The van der Waals surface area contributed by atoms with Gasteiger partial charge in [-0.1, -0.05) is 27.7 Å². The van der Waals surface area contributed by atoms with E-state index in [9.17, 15) is 9.90 Å². The summed E-state index contributed by atoms with van der Waals surface area (Å²) >= 11 is 0. The second kappa shape index (κ2) is 6.88. The lowest BCUT2D eigenvalue weighted by atomic mass is 9.86. The minimum atomic E-state index is -0.358. The van der Waals surface area contributed by atoms with Crippen LogP contribution < -0.4 is 5.32 Å². The largest absolute Gasteiger partial charge is 0.393 e. The fourth-order valence-electron chi connectivity index (χ4n) is 3.50. The monoisotopic (exact) mass is 310 g/mol. The van der Waals surface area contributed by atoms with Gasteiger partial charge in [-0.15, -0.1) is 0 Å². The van der Waals surface area contributed by atoms with E-state index in [-0.39, 0.29) is 29.4 Å². The molecule has 4 nitrogen and oxygen atoms in total. The van der Waals surface area contributed by atoms with Crippen molar-refractivity contribution in [1.82, 2.24) is 10.2 Å². The van der Waals surface area contributed by atoms with Crippen LogP contribution in [-0.4, -0.2) is 47.2 Å². The molecule has 1 aliphatic heterocycles. The third-order valence-corrected chi connectivity index (χ3v) is 5.37. The van der Waals surface area contributed by atoms with E-state index in [4.69, 9.17) is 0 Å². The van der Waals surface area contributed by atoms with Crippen LogP contribution >= 0.6 is 0 Å². The third-order valence-electron chi connectivity index (χ3n) is 5.37. The highest BCUT2D eigenvalue weighted by molar-refractivity contribution is 5.81. The van der Waals surface area contributed by atoms with Gasteiger partial charge in [-0.25, -0.2) is 0 Å². The molecule has 1 aliphatic carbocycles. The molecule has 1 saturated carbocycles. The van der Waals surface area contributed by atoms with E-state index >= 15 is 0 Å². The van der Waals surface area contributed by atoms with Gasteiger partial charge in [0, 0.05) is 30.6 Å². The Morgan fingerprint density at radius 1 is 1.27 bits per heavy atom. The van der Waals surface area contributed by atoms with E-state index < -0.39 is 0 Å². The topological polar surface area (TPSA) is 52.6 Å². The van der Waals surface area contributed by atoms with Crippen LogP contribution in [0.3, 0.4) is 0 Å². The molecular weight excluding hydrogens is 276 g/mol. The molecule has 2 rings (SSSR count). The Labute approximate surface area is 135 Å². The average molecular weight is 310 g/mol. The van der Waals surface area contributed by atoms with E-state index in [0.717, 1.165) is 31.8 Å². The summed E-state index contributed by atoms with van der Waals surface area (Å²) in [7, 11) is 0. The minimum absolute atomic E-state index is 0.114. The van der Waals surface area contributed by atoms with Crippen molar-refractivity contribution in [2.75, 3.05) is 13.1 Å². The molecule has 2 fully saturated rings. The van der Waals surface area contributed by atoms with Gasteiger partial charge in [0.2, 0.25) is 5.91 Å². The molecule has 0 bridgehead atoms. The van der Waals surface area contributed by atoms with Gasteiger partial charge in [-0.3, -0.25) is 9.69 Å². The van der Waals surface area contributed by atoms with Crippen molar-refractivity contribution in [3.8, 4) is 0 Å². The van der Waals surface area contributed by atoms with Gasteiger partial charge in [0.25, 0.3) is 0 Å². The first kappa shape index (κ1) is 17.7. The zero-order valence-electron chi connectivity index (χ0n) is 14.9. The highest BCUT2D eigenvalue weighted by Crippen LogP contribution is 2.37. The zero-order valence-corrected chi connectivity index (χ0v) is 14.9. The molecule has 1 amide bonds. The third kappa shape index (κ3) is 4.45. The SMILES string of the molecule is CCC(O)C1CC(NC(=O)C(C)(C)C)CN(C(C)C2CC2)C1. The fourth-order valence-corrected chi connectivity index (χ4v) is 3.50. The Hall–Kier alpha value is -0.610.